The van der Waals surface area contributed by atoms with Gasteiger partial charge in [0.25, 0.3) is 0 Å². The van der Waals surface area contributed by atoms with Crippen molar-refractivity contribution in [1.82, 2.24) is 5.32 Å². The molecule has 0 aliphatic heterocycles. The summed E-state index contributed by atoms with van der Waals surface area (Å²) in [4.78, 5) is 12.2. The van der Waals surface area contributed by atoms with Crippen molar-refractivity contribution in [2.24, 2.45) is 16.8 Å². The highest BCUT2D eigenvalue weighted by Gasteiger charge is 2.22. The number of carbonyl (C=O) groups excluding carboxylic acids is 1. The Kier molecular flexibility index (Phi) is 6.81. The lowest BCUT2D eigenvalue weighted by molar-refractivity contribution is -0.123. The largest absolute Gasteiger partial charge is 0.496 e. The lowest BCUT2D eigenvalue weighted by atomic mass is 10.0. The lowest BCUT2D eigenvalue weighted by Crippen LogP contribution is -2.38. The van der Waals surface area contributed by atoms with Crippen molar-refractivity contribution in [1.29, 1.82) is 0 Å². The first-order valence-electron chi connectivity index (χ1n) is 6.61. The Morgan fingerprint density at radius 2 is 2.29 bits per heavy atom. The fraction of sp³-hybridized carbons (Fsp3) is 0.429. The zero-order valence-electron chi connectivity index (χ0n) is 12.1. The molecule has 6 nitrogen and oxygen atoms in total. The molecule has 1 unspecified atom stereocenters. The molecule has 1 amide bonds. The molecule has 0 saturated heterocycles. The van der Waals surface area contributed by atoms with Gasteiger partial charge in [-0.3, -0.25) is 4.79 Å². The summed E-state index contributed by atoms with van der Waals surface area (Å²) < 4.78 is 5.21. The lowest BCUT2D eigenvalue weighted by Gasteiger charge is -2.16. The number of amides is 1. The minimum Gasteiger partial charge on any atom is -0.496 e. The third-order valence-corrected chi connectivity index (χ3v) is 3.46. The molecule has 21 heavy (non-hydrogen) atoms. The van der Waals surface area contributed by atoms with Gasteiger partial charge in [0.1, 0.15) is 5.75 Å². The normalized spacial score (nSPS) is 12.8. The van der Waals surface area contributed by atoms with Crippen LogP contribution in [0.1, 0.15) is 25.3 Å². The Morgan fingerprint density at radius 1 is 1.57 bits per heavy atom. The number of oxime groups is 1. The number of benzene rings is 1. The second-order valence-electron chi connectivity index (χ2n) is 4.50. The highest BCUT2D eigenvalue weighted by atomic mass is 35.5. The minimum atomic E-state index is -0.659. The van der Waals surface area contributed by atoms with Crippen LogP contribution in [0.4, 0.5) is 0 Å². The molecule has 0 fully saturated rings. The van der Waals surface area contributed by atoms with Gasteiger partial charge >= 0.3 is 0 Å². The van der Waals surface area contributed by atoms with Crippen LogP contribution in [0.5, 0.6) is 5.75 Å². The molecule has 0 saturated carbocycles. The van der Waals surface area contributed by atoms with E-state index in [1.165, 1.54) is 7.11 Å². The molecular formula is C14H20ClN3O3. The molecule has 0 heterocycles. The monoisotopic (exact) mass is 313 g/mol. The second kappa shape index (κ2) is 8.36. The summed E-state index contributed by atoms with van der Waals surface area (Å²) in [5, 5.41) is 14.9. The maximum absolute atomic E-state index is 12.2. The van der Waals surface area contributed by atoms with Gasteiger partial charge < -0.3 is 21.0 Å². The van der Waals surface area contributed by atoms with Crippen LogP contribution in [-0.4, -0.2) is 24.1 Å². The Labute approximate surface area is 128 Å². The van der Waals surface area contributed by atoms with Gasteiger partial charge in [-0.1, -0.05) is 36.2 Å². The topological polar surface area (TPSA) is 96.9 Å². The van der Waals surface area contributed by atoms with Crippen LogP contribution in [0.25, 0.3) is 0 Å². The predicted molar refractivity (Wildman–Crippen MR) is 81.7 cm³/mol. The van der Waals surface area contributed by atoms with E-state index in [0.29, 0.717) is 22.8 Å². The molecule has 7 heteroatoms. The Balaban J connectivity index is 2.80. The molecule has 0 aliphatic carbocycles. The van der Waals surface area contributed by atoms with Gasteiger partial charge in [-0.05, 0) is 18.6 Å². The number of methoxy groups -OCH3 is 1. The molecule has 0 spiro atoms. The van der Waals surface area contributed by atoms with E-state index in [0.717, 1.165) is 6.42 Å². The van der Waals surface area contributed by atoms with Gasteiger partial charge in [0, 0.05) is 17.1 Å². The van der Waals surface area contributed by atoms with Gasteiger partial charge in [-0.25, -0.2) is 0 Å². The summed E-state index contributed by atoms with van der Waals surface area (Å²) in [7, 11) is 1.53. The van der Waals surface area contributed by atoms with Crippen LogP contribution in [0, 0.1) is 5.92 Å². The fourth-order valence-electron chi connectivity index (χ4n) is 1.97. The summed E-state index contributed by atoms with van der Waals surface area (Å²) in [6, 6.07) is 5.25. The maximum Gasteiger partial charge on any atom is 0.231 e. The highest BCUT2D eigenvalue weighted by molar-refractivity contribution is 6.31. The van der Waals surface area contributed by atoms with Crippen LogP contribution in [-0.2, 0) is 11.3 Å². The van der Waals surface area contributed by atoms with Crippen LogP contribution < -0.4 is 15.8 Å². The smallest absolute Gasteiger partial charge is 0.231 e. The molecule has 1 aromatic rings. The van der Waals surface area contributed by atoms with E-state index in [1.54, 1.807) is 18.2 Å². The molecule has 1 atom stereocenters. The van der Waals surface area contributed by atoms with Crippen molar-refractivity contribution in [3.05, 3.63) is 28.8 Å². The summed E-state index contributed by atoms with van der Waals surface area (Å²) in [6.45, 7) is 2.13. The summed E-state index contributed by atoms with van der Waals surface area (Å²) in [5.74, 6) is -0.471. The number of nitrogens with one attached hydrogen (secondary N) is 1. The second-order valence-corrected chi connectivity index (χ2v) is 4.91. The number of hydrogen-bond acceptors (Lipinski definition) is 4. The molecule has 4 N–H and O–H groups in total. The fourth-order valence-corrected chi connectivity index (χ4v) is 2.20. The van der Waals surface area contributed by atoms with Crippen molar-refractivity contribution in [3.63, 3.8) is 0 Å². The molecule has 1 rings (SSSR count). The van der Waals surface area contributed by atoms with Crippen LogP contribution >= 0.6 is 11.6 Å². The average molecular weight is 314 g/mol. The number of hydrogen-bond donors (Lipinski definition) is 3. The first-order chi connectivity index (χ1) is 10.0. The van der Waals surface area contributed by atoms with E-state index in [4.69, 9.17) is 27.3 Å². The number of nitrogens with two attached hydrogens (primary N) is 1. The number of nitrogens with zero attached hydrogens (tertiary/aromatic N) is 1. The van der Waals surface area contributed by atoms with E-state index in [9.17, 15) is 4.79 Å². The van der Waals surface area contributed by atoms with Crippen molar-refractivity contribution in [2.45, 2.75) is 26.3 Å². The first kappa shape index (κ1) is 17.1. The average Bonchev–Trinajstić information content (AvgIpc) is 2.50. The van der Waals surface area contributed by atoms with Gasteiger partial charge in [0.15, 0.2) is 5.84 Å². The summed E-state index contributed by atoms with van der Waals surface area (Å²) >= 11 is 6.10. The Hall–Kier alpha value is -1.95. The standard InChI is InChI=1S/C14H20ClN3O3/c1-3-5-9(13(16)18-20)14(19)17-8-10-11(15)6-4-7-12(10)21-2/h4,6-7,9,20H,3,5,8H2,1-2H3,(H2,16,18)(H,17,19). The van der Waals surface area contributed by atoms with Crippen molar-refractivity contribution in [3.8, 4) is 5.75 Å². The van der Waals surface area contributed by atoms with Crippen LogP contribution in [0.15, 0.2) is 23.4 Å². The highest BCUT2D eigenvalue weighted by Crippen LogP contribution is 2.26. The van der Waals surface area contributed by atoms with Gasteiger partial charge in [0.05, 0.1) is 13.0 Å². The molecule has 0 aromatic heterocycles. The van der Waals surface area contributed by atoms with E-state index < -0.39 is 5.92 Å². The van der Waals surface area contributed by atoms with Crippen LogP contribution in [0.3, 0.4) is 0 Å². The molecular weight excluding hydrogens is 294 g/mol. The first-order valence-corrected chi connectivity index (χ1v) is 6.99. The van der Waals surface area contributed by atoms with Crippen molar-refractivity contribution in [2.75, 3.05) is 7.11 Å². The van der Waals surface area contributed by atoms with Crippen molar-refractivity contribution >= 4 is 23.3 Å². The van der Waals surface area contributed by atoms with E-state index in [1.807, 2.05) is 6.92 Å². The molecule has 1 aromatic carbocycles. The molecule has 116 valence electrons. The zero-order valence-corrected chi connectivity index (χ0v) is 12.9. The minimum absolute atomic E-state index is 0.0968. The van der Waals surface area contributed by atoms with E-state index >= 15 is 0 Å². The van der Waals surface area contributed by atoms with Gasteiger partial charge in [-0.2, -0.15) is 0 Å². The number of halogens is 1. The number of amidine groups is 1. The quantitative estimate of drug-likeness (QED) is 0.311. The van der Waals surface area contributed by atoms with E-state index in [2.05, 4.69) is 10.5 Å². The number of ether oxygens (including phenoxy) is 1. The summed E-state index contributed by atoms with van der Waals surface area (Å²) in [5.41, 5.74) is 6.23. The van der Waals surface area contributed by atoms with Gasteiger partial charge in [-0.15, -0.1) is 0 Å². The number of carbonyl (C=O) groups is 1. The summed E-state index contributed by atoms with van der Waals surface area (Å²) in [6.07, 6.45) is 1.24. The van der Waals surface area contributed by atoms with Crippen molar-refractivity contribution < 1.29 is 14.7 Å². The molecule has 0 radical (unpaired) electrons. The predicted octanol–water partition coefficient (Wildman–Crippen LogP) is 2.13. The Morgan fingerprint density at radius 3 is 2.86 bits per heavy atom. The SMILES string of the molecule is CCCC(C(=O)NCc1c(Cl)cccc1OC)/C(N)=N/O. The molecule has 0 bridgehead atoms. The third kappa shape index (κ3) is 4.53. The van der Waals surface area contributed by atoms with Gasteiger partial charge in [0.2, 0.25) is 5.91 Å². The molecule has 0 aliphatic rings. The van der Waals surface area contributed by atoms with E-state index in [-0.39, 0.29) is 18.3 Å². The number of rotatable bonds is 7. The van der Waals surface area contributed by atoms with Crippen LogP contribution in [0.2, 0.25) is 5.02 Å². The maximum atomic E-state index is 12.2. The zero-order chi connectivity index (χ0) is 15.8. The Bertz CT molecular complexity index is 520. The third-order valence-electron chi connectivity index (χ3n) is 3.10.